The van der Waals surface area contributed by atoms with Crippen LogP contribution in [-0.4, -0.2) is 40.5 Å². The lowest BCUT2D eigenvalue weighted by molar-refractivity contribution is 0.0749. The Morgan fingerprint density at radius 2 is 1.85 bits per heavy atom. The molecule has 2 heterocycles. The van der Waals surface area contributed by atoms with E-state index in [4.69, 9.17) is 0 Å². The zero-order chi connectivity index (χ0) is 18.5. The number of nitrogens with zero attached hydrogens (tertiary/aromatic N) is 3. The van der Waals surface area contributed by atoms with Crippen LogP contribution in [0.25, 0.3) is 0 Å². The zero-order valence-electron chi connectivity index (χ0n) is 16.7. The third kappa shape index (κ3) is 4.97. The van der Waals surface area contributed by atoms with Gasteiger partial charge in [-0.2, -0.15) is 0 Å². The van der Waals surface area contributed by atoms with E-state index in [1.54, 1.807) is 0 Å². The molecule has 0 atom stereocenters. The summed E-state index contributed by atoms with van der Waals surface area (Å²) >= 11 is 0. The quantitative estimate of drug-likeness (QED) is 0.713. The highest BCUT2D eigenvalue weighted by Crippen LogP contribution is 2.29. The number of aromatic nitrogens is 1. The summed E-state index contributed by atoms with van der Waals surface area (Å²) in [7, 11) is 0. The summed E-state index contributed by atoms with van der Waals surface area (Å²) in [5.41, 5.74) is 4.28. The minimum absolute atomic E-state index is 0.801. The van der Waals surface area contributed by atoms with E-state index in [0.717, 1.165) is 25.0 Å². The van der Waals surface area contributed by atoms with E-state index < -0.39 is 0 Å². The highest BCUT2D eigenvalue weighted by Gasteiger charge is 2.28. The lowest BCUT2D eigenvalue weighted by Gasteiger charge is -2.41. The van der Waals surface area contributed by atoms with E-state index in [-0.39, 0.29) is 0 Å². The van der Waals surface area contributed by atoms with Crippen molar-refractivity contribution in [1.29, 1.82) is 0 Å². The van der Waals surface area contributed by atoms with Crippen LogP contribution in [0.2, 0.25) is 0 Å². The number of aryl methyl sites for hydroxylation is 1. The Morgan fingerprint density at radius 1 is 1.04 bits per heavy atom. The lowest BCUT2D eigenvalue weighted by Crippen LogP contribution is -2.44. The third-order valence-corrected chi connectivity index (χ3v) is 6.55. The van der Waals surface area contributed by atoms with Crippen LogP contribution in [0.1, 0.15) is 48.8 Å². The molecule has 1 saturated heterocycles. The standard InChI is InChI=1S/C24H33N3/c1-20-6-2-3-8-23(20)19-26-14-11-21(12-15-26)17-27(24-9-4-10-24)18-22-7-5-13-25-16-22/h2-3,5-8,13,16,21,24H,4,9-12,14-15,17-19H2,1H3. The number of likely N-dealkylation sites (tertiary alicyclic amines) is 1. The maximum Gasteiger partial charge on any atom is 0.0312 e. The molecule has 2 aliphatic rings. The molecule has 2 aromatic rings. The largest absolute Gasteiger partial charge is 0.299 e. The second-order valence-electron chi connectivity index (χ2n) is 8.52. The molecular formula is C24H33N3. The van der Waals surface area contributed by atoms with Crippen molar-refractivity contribution < 1.29 is 0 Å². The highest BCUT2D eigenvalue weighted by atomic mass is 15.2. The molecule has 0 spiro atoms. The van der Waals surface area contributed by atoms with Gasteiger partial charge in [0.05, 0.1) is 0 Å². The van der Waals surface area contributed by atoms with Crippen LogP contribution in [0.4, 0.5) is 0 Å². The SMILES string of the molecule is Cc1ccccc1CN1CCC(CN(Cc2cccnc2)C2CCC2)CC1. The van der Waals surface area contributed by atoms with E-state index in [2.05, 4.69) is 58.1 Å². The Balaban J connectivity index is 1.29. The maximum atomic E-state index is 4.31. The second kappa shape index (κ2) is 8.99. The second-order valence-corrected chi connectivity index (χ2v) is 8.52. The molecule has 0 radical (unpaired) electrons. The maximum absolute atomic E-state index is 4.31. The molecule has 0 amide bonds. The normalized spacial score (nSPS) is 19.3. The molecule has 3 nitrogen and oxygen atoms in total. The van der Waals surface area contributed by atoms with Crippen LogP contribution < -0.4 is 0 Å². The molecule has 27 heavy (non-hydrogen) atoms. The van der Waals surface area contributed by atoms with E-state index in [9.17, 15) is 0 Å². The molecule has 0 N–H and O–H groups in total. The van der Waals surface area contributed by atoms with Crippen LogP contribution in [0.15, 0.2) is 48.8 Å². The van der Waals surface area contributed by atoms with Crippen LogP contribution in [0.3, 0.4) is 0 Å². The van der Waals surface area contributed by atoms with Crippen molar-refractivity contribution in [2.75, 3.05) is 19.6 Å². The first-order valence-corrected chi connectivity index (χ1v) is 10.7. The number of pyridine rings is 1. The first kappa shape index (κ1) is 18.6. The van der Waals surface area contributed by atoms with E-state index in [1.165, 1.54) is 68.4 Å². The van der Waals surface area contributed by atoms with Gasteiger partial charge in [0.1, 0.15) is 0 Å². The molecule has 1 saturated carbocycles. The summed E-state index contributed by atoms with van der Waals surface area (Å²) in [6.07, 6.45) is 10.8. The van der Waals surface area contributed by atoms with Gasteiger partial charge in [-0.1, -0.05) is 36.8 Å². The summed E-state index contributed by atoms with van der Waals surface area (Å²) in [6.45, 7) is 8.16. The molecule has 1 aromatic heterocycles. The van der Waals surface area contributed by atoms with E-state index >= 15 is 0 Å². The molecule has 4 rings (SSSR count). The average molecular weight is 364 g/mol. The topological polar surface area (TPSA) is 19.4 Å². The fourth-order valence-corrected chi connectivity index (χ4v) is 4.51. The first-order chi connectivity index (χ1) is 13.3. The van der Waals surface area contributed by atoms with Gasteiger partial charge < -0.3 is 0 Å². The van der Waals surface area contributed by atoms with Crippen molar-refractivity contribution in [3.63, 3.8) is 0 Å². The van der Waals surface area contributed by atoms with Gasteiger partial charge >= 0.3 is 0 Å². The molecular weight excluding hydrogens is 330 g/mol. The first-order valence-electron chi connectivity index (χ1n) is 10.7. The predicted octanol–water partition coefficient (Wildman–Crippen LogP) is 4.66. The fraction of sp³-hybridized carbons (Fsp3) is 0.542. The van der Waals surface area contributed by atoms with Gasteiger partial charge in [-0.3, -0.25) is 14.8 Å². The summed E-state index contributed by atoms with van der Waals surface area (Å²) in [5, 5.41) is 0. The van der Waals surface area contributed by atoms with Crippen molar-refractivity contribution in [3.05, 3.63) is 65.5 Å². The van der Waals surface area contributed by atoms with Crippen LogP contribution in [0.5, 0.6) is 0 Å². The molecule has 1 aliphatic heterocycles. The number of piperidine rings is 1. The highest BCUT2D eigenvalue weighted by molar-refractivity contribution is 5.25. The number of hydrogen-bond acceptors (Lipinski definition) is 3. The van der Waals surface area contributed by atoms with Gasteiger partial charge in [0.25, 0.3) is 0 Å². The number of rotatable bonds is 7. The molecule has 3 heteroatoms. The minimum atomic E-state index is 0.801. The Morgan fingerprint density at radius 3 is 2.52 bits per heavy atom. The molecule has 0 unspecified atom stereocenters. The van der Waals surface area contributed by atoms with Gasteiger partial charge in [0.2, 0.25) is 0 Å². The van der Waals surface area contributed by atoms with Crippen molar-refractivity contribution in [2.45, 2.75) is 58.2 Å². The fourth-order valence-electron chi connectivity index (χ4n) is 4.51. The molecule has 1 aromatic carbocycles. The van der Waals surface area contributed by atoms with Gasteiger partial charge in [0.15, 0.2) is 0 Å². The average Bonchev–Trinajstić information content (AvgIpc) is 2.65. The van der Waals surface area contributed by atoms with Gasteiger partial charge in [-0.15, -0.1) is 0 Å². The monoisotopic (exact) mass is 363 g/mol. The van der Waals surface area contributed by atoms with Crippen molar-refractivity contribution in [1.82, 2.24) is 14.8 Å². The van der Waals surface area contributed by atoms with Gasteiger partial charge in [0, 0.05) is 38.1 Å². The van der Waals surface area contributed by atoms with Crippen LogP contribution in [-0.2, 0) is 13.1 Å². The summed E-state index contributed by atoms with van der Waals surface area (Å²) < 4.78 is 0. The van der Waals surface area contributed by atoms with Crippen LogP contribution >= 0.6 is 0 Å². The summed E-state index contributed by atoms with van der Waals surface area (Å²) in [5.74, 6) is 0.843. The molecule has 1 aliphatic carbocycles. The van der Waals surface area contributed by atoms with E-state index in [1.807, 2.05) is 12.4 Å². The van der Waals surface area contributed by atoms with Crippen LogP contribution in [0, 0.1) is 12.8 Å². The molecule has 144 valence electrons. The number of hydrogen-bond donors (Lipinski definition) is 0. The van der Waals surface area contributed by atoms with Gasteiger partial charge in [-0.25, -0.2) is 0 Å². The smallest absolute Gasteiger partial charge is 0.0312 e. The van der Waals surface area contributed by atoms with E-state index in [0.29, 0.717) is 0 Å². The molecule has 2 fully saturated rings. The third-order valence-electron chi connectivity index (χ3n) is 6.55. The predicted molar refractivity (Wildman–Crippen MR) is 111 cm³/mol. The summed E-state index contributed by atoms with van der Waals surface area (Å²) in [6, 6.07) is 13.9. The Hall–Kier alpha value is -1.71. The Bertz CT molecular complexity index is 703. The zero-order valence-corrected chi connectivity index (χ0v) is 16.7. The van der Waals surface area contributed by atoms with Crippen molar-refractivity contribution in [3.8, 4) is 0 Å². The lowest BCUT2D eigenvalue weighted by atomic mass is 9.88. The molecule has 0 bridgehead atoms. The minimum Gasteiger partial charge on any atom is -0.299 e. The van der Waals surface area contributed by atoms with Crippen molar-refractivity contribution in [2.24, 2.45) is 5.92 Å². The Labute approximate surface area is 164 Å². The van der Waals surface area contributed by atoms with Gasteiger partial charge in [-0.05, 0) is 74.4 Å². The summed E-state index contributed by atoms with van der Waals surface area (Å²) in [4.78, 5) is 9.71. The number of benzene rings is 1. The van der Waals surface area contributed by atoms with Crippen molar-refractivity contribution >= 4 is 0 Å². The Kier molecular flexibility index (Phi) is 6.21.